The molecule has 76 valence electrons. The lowest BCUT2D eigenvalue weighted by Gasteiger charge is -2.12. The maximum atomic E-state index is 5.49. The number of hydrogen-bond donors (Lipinski definition) is 2. The van der Waals surface area contributed by atoms with E-state index in [0.29, 0.717) is 0 Å². The van der Waals surface area contributed by atoms with Gasteiger partial charge in [0.1, 0.15) is 0 Å². The number of nitrogens with two attached hydrogens (primary N) is 1. The van der Waals surface area contributed by atoms with Crippen LogP contribution in [0.3, 0.4) is 0 Å². The molecule has 0 radical (unpaired) electrons. The van der Waals surface area contributed by atoms with Crippen molar-refractivity contribution in [3.05, 3.63) is 46.0 Å². The molecule has 1 aromatic rings. The summed E-state index contributed by atoms with van der Waals surface area (Å²) < 4.78 is 1.07. The van der Waals surface area contributed by atoms with E-state index < -0.39 is 0 Å². The quantitative estimate of drug-likeness (QED) is 0.495. The molecule has 0 saturated carbocycles. The Morgan fingerprint density at radius 3 is 2.71 bits per heavy atom. The molecule has 0 aliphatic carbocycles. The van der Waals surface area contributed by atoms with Crippen LogP contribution in [-0.4, -0.2) is 0 Å². The van der Waals surface area contributed by atoms with Crippen molar-refractivity contribution >= 4 is 15.9 Å². The molecule has 14 heavy (non-hydrogen) atoms. The van der Waals surface area contributed by atoms with Crippen molar-refractivity contribution in [2.45, 2.75) is 19.9 Å². The summed E-state index contributed by atoms with van der Waals surface area (Å²) in [6.07, 6.45) is 2.10. The zero-order valence-corrected chi connectivity index (χ0v) is 10.0. The van der Waals surface area contributed by atoms with Gasteiger partial charge in [-0.15, -0.1) is 0 Å². The van der Waals surface area contributed by atoms with Crippen LogP contribution in [0.1, 0.15) is 25.5 Å². The molecule has 0 fully saturated rings. The summed E-state index contributed by atoms with van der Waals surface area (Å²) in [5, 5.41) is 0. The molecule has 0 aliphatic heterocycles. The van der Waals surface area contributed by atoms with Gasteiger partial charge in [-0.3, -0.25) is 5.84 Å². The van der Waals surface area contributed by atoms with Crippen molar-refractivity contribution in [2.24, 2.45) is 5.84 Å². The van der Waals surface area contributed by atoms with E-state index in [-0.39, 0.29) is 6.04 Å². The smallest absolute Gasteiger partial charge is 0.0643 e. The lowest BCUT2D eigenvalue weighted by atomic mass is 10.1. The molecule has 1 atom stereocenters. The van der Waals surface area contributed by atoms with Gasteiger partial charge in [0.05, 0.1) is 6.04 Å². The molecule has 0 aliphatic rings. The number of hydrogen-bond acceptors (Lipinski definition) is 2. The molecular formula is C11H15BrN2. The molecule has 0 aromatic heterocycles. The number of rotatable bonds is 3. The number of nitrogens with one attached hydrogen (secondary N) is 1. The molecule has 0 saturated heterocycles. The molecule has 2 nitrogen and oxygen atoms in total. The Morgan fingerprint density at radius 2 is 2.21 bits per heavy atom. The Morgan fingerprint density at radius 1 is 1.50 bits per heavy atom. The van der Waals surface area contributed by atoms with Crippen LogP contribution >= 0.6 is 15.9 Å². The Labute approximate surface area is 93.3 Å². The molecule has 1 aromatic carbocycles. The highest BCUT2D eigenvalue weighted by molar-refractivity contribution is 9.10. The zero-order chi connectivity index (χ0) is 10.6. The van der Waals surface area contributed by atoms with Gasteiger partial charge in [0.2, 0.25) is 0 Å². The molecule has 0 spiro atoms. The number of benzene rings is 1. The third-order valence-corrected chi connectivity index (χ3v) is 2.38. The minimum Gasteiger partial charge on any atom is -0.271 e. The van der Waals surface area contributed by atoms with Crippen LogP contribution in [0.5, 0.6) is 0 Å². The molecule has 3 heteroatoms. The lowest BCUT2D eigenvalue weighted by Crippen LogP contribution is -2.26. The van der Waals surface area contributed by atoms with Gasteiger partial charge in [0.25, 0.3) is 0 Å². The Balaban J connectivity index is 2.95. The number of hydrazine groups is 1. The van der Waals surface area contributed by atoms with Crippen LogP contribution in [0.15, 0.2) is 40.4 Å². The summed E-state index contributed by atoms with van der Waals surface area (Å²) in [4.78, 5) is 0. The van der Waals surface area contributed by atoms with Gasteiger partial charge < -0.3 is 0 Å². The first-order chi connectivity index (χ1) is 6.63. The van der Waals surface area contributed by atoms with Gasteiger partial charge in [-0.05, 0) is 31.5 Å². The van der Waals surface area contributed by atoms with E-state index >= 15 is 0 Å². The van der Waals surface area contributed by atoms with Gasteiger partial charge in [0.15, 0.2) is 0 Å². The minimum absolute atomic E-state index is 0.0810. The lowest BCUT2D eigenvalue weighted by molar-refractivity contribution is 0.651. The van der Waals surface area contributed by atoms with Crippen molar-refractivity contribution < 1.29 is 0 Å². The van der Waals surface area contributed by atoms with Crippen LogP contribution in [0, 0.1) is 0 Å². The molecule has 1 unspecified atom stereocenters. The largest absolute Gasteiger partial charge is 0.271 e. The fraction of sp³-hybridized carbons (Fsp3) is 0.273. The summed E-state index contributed by atoms with van der Waals surface area (Å²) >= 11 is 3.44. The van der Waals surface area contributed by atoms with E-state index in [4.69, 9.17) is 5.84 Å². The summed E-state index contributed by atoms with van der Waals surface area (Å²) in [6.45, 7) is 4.12. The van der Waals surface area contributed by atoms with Crippen LogP contribution in [0.2, 0.25) is 0 Å². The second-order valence-electron chi connectivity index (χ2n) is 3.44. The van der Waals surface area contributed by atoms with Crippen LogP contribution in [-0.2, 0) is 0 Å². The predicted octanol–water partition coefficient (Wildman–Crippen LogP) is 2.92. The fourth-order valence-corrected chi connectivity index (χ4v) is 1.69. The highest BCUT2D eigenvalue weighted by atomic mass is 79.9. The van der Waals surface area contributed by atoms with E-state index in [2.05, 4.69) is 53.4 Å². The zero-order valence-electron chi connectivity index (χ0n) is 8.42. The normalized spacial score (nSPS) is 12.3. The second kappa shape index (κ2) is 5.29. The summed E-state index contributed by atoms with van der Waals surface area (Å²) in [6, 6.07) is 8.19. The maximum absolute atomic E-state index is 5.49. The first-order valence-corrected chi connectivity index (χ1v) is 5.29. The van der Waals surface area contributed by atoms with Crippen molar-refractivity contribution in [3.63, 3.8) is 0 Å². The highest BCUT2D eigenvalue weighted by Crippen LogP contribution is 2.19. The van der Waals surface area contributed by atoms with Crippen LogP contribution in [0.25, 0.3) is 0 Å². The van der Waals surface area contributed by atoms with Gasteiger partial charge >= 0.3 is 0 Å². The second-order valence-corrected chi connectivity index (χ2v) is 4.36. The van der Waals surface area contributed by atoms with Crippen molar-refractivity contribution in [1.29, 1.82) is 0 Å². The highest BCUT2D eigenvalue weighted by Gasteiger charge is 2.05. The maximum Gasteiger partial charge on any atom is 0.0643 e. The third-order valence-electron chi connectivity index (χ3n) is 1.89. The topological polar surface area (TPSA) is 38.0 Å². The number of halogens is 1. The predicted molar refractivity (Wildman–Crippen MR) is 63.6 cm³/mol. The summed E-state index contributed by atoms with van der Waals surface area (Å²) in [7, 11) is 0. The number of allylic oxidation sites excluding steroid dienone is 1. The first-order valence-electron chi connectivity index (χ1n) is 4.50. The average molecular weight is 255 g/mol. The first kappa shape index (κ1) is 11.4. The van der Waals surface area contributed by atoms with Gasteiger partial charge in [-0.25, -0.2) is 5.43 Å². The minimum atomic E-state index is 0.0810. The monoisotopic (exact) mass is 254 g/mol. The third kappa shape index (κ3) is 3.25. The fourth-order valence-electron chi connectivity index (χ4n) is 1.27. The van der Waals surface area contributed by atoms with E-state index in [0.717, 1.165) is 10.0 Å². The van der Waals surface area contributed by atoms with Crippen molar-refractivity contribution in [1.82, 2.24) is 5.43 Å². The summed E-state index contributed by atoms with van der Waals surface area (Å²) in [5.41, 5.74) is 5.18. The molecule has 1 rings (SSSR count). The van der Waals surface area contributed by atoms with E-state index in [1.165, 1.54) is 5.57 Å². The molecule has 0 heterocycles. The average Bonchev–Trinajstić information content (AvgIpc) is 2.14. The SMILES string of the molecule is CC(C)=CC(NN)c1cccc(Br)c1. The van der Waals surface area contributed by atoms with Crippen molar-refractivity contribution in [3.8, 4) is 0 Å². The standard InChI is InChI=1S/C11H15BrN2/c1-8(2)6-11(14-13)9-4-3-5-10(12)7-9/h3-7,11,14H,13H2,1-2H3. The van der Waals surface area contributed by atoms with Gasteiger partial charge in [0, 0.05) is 4.47 Å². The molecule has 0 amide bonds. The Hall–Kier alpha value is -0.640. The molecule has 0 bridgehead atoms. The Bertz CT molecular complexity index is 330. The van der Waals surface area contributed by atoms with Gasteiger partial charge in [-0.2, -0.15) is 0 Å². The molecular weight excluding hydrogens is 240 g/mol. The van der Waals surface area contributed by atoms with Crippen LogP contribution in [0.4, 0.5) is 0 Å². The molecule has 3 N–H and O–H groups in total. The van der Waals surface area contributed by atoms with Crippen molar-refractivity contribution in [2.75, 3.05) is 0 Å². The summed E-state index contributed by atoms with van der Waals surface area (Å²) in [5.74, 6) is 5.49. The van der Waals surface area contributed by atoms with Crippen LogP contribution < -0.4 is 11.3 Å². The van der Waals surface area contributed by atoms with E-state index in [1.807, 2.05) is 12.1 Å². The van der Waals surface area contributed by atoms with E-state index in [1.54, 1.807) is 0 Å². The Kier molecular flexibility index (Phi) is 4.32. The van der Waals surface area contributed by atoms with E-state index in [9.17, 15) is 0 Å². The van der Waals surface area contributed by atoms with Gasteiger partial charge in [-0.1, -0.05) is 39.7 Å².